The van der Waals surface area contributed by atoms with E-state index in [-0.39, 0.29) is 0 Å². The zero-order valence-electron chi connectivity index (χ0n) is 15.4. The molecule has 3 aliphatic rings. The standard InChI is InChI=1S/C9H15BO.C5H10.C2H6O3P.CO.Fe/c1-11-10-8-4-2-5-9(10)7-3-6-8;1-2-4-5-3-1;1-4-6(3)5-2;1-2;/h1,8-9H,2-7H2;1-5H2;1-2H3;;/q;;+1;;+1. The maximum atomic E-state index is 9.88. The van der Waals surface area contributed by atoms with Crippen LogP contribution in [0.4, 0.5) is 0 Å². The second-order valence-electron chi connectivity index (χ2n) is 6.42. The Kier molecular flexibility index (Phi) is 17.7. The van der Waals surface area contributed by atoms with Crippen LogP contribution in [0.2, 0.25) is 11.6 Å². The second-order valence-corrected chi connectivity index (χ2v) is 7.86. The Balaban J connectivity index is 0.000000374. The molecular formula is C17H31BFeO5P+2. The Morgan fingerprint density at radius 3 is 1.52 bits per heavy atom. The topological polar surface area (TPSA) is 64.7 Å². The van der Waals surface area contributed by atoms with E-state index in [2.05, 4.69) is 31.3 Å². The zero-order valence-corrected chi connectivity index (χ0v) is 17.4. The first-order chi connectivity index (χ1) is 12.2. The van der Waals surface area contributed by atoms with Crippen molar-refractivity contribution in [1.29, 1.82) is 0 Å². The van der Waals surface area contributed by atoms with Crippen LogP contribution >= 0.6 is 8.25 Å². The molecule has 0 radical (unpaired) electrons. The van der Waals surface area contributed by atoms with Crippen molar-refractivity contribution in [2.75, 3.05) is 14.2 Å². The first kappa shape index (κ1) is 25.2. The van der Waals surface area contributed by atoms with Crippen molar-refractivity contribution in [2.45, 2.75) is 82.3 Å². The summed E-state index contributed by atoms with van der Waals surface area (Å²) >= 11 is 3.66. The molecule has 2 saturated heterocycles. The Morgan fingerprint density at radius 1 is 0.920 bits per heavy atom. The van der Waals surface area contributed by atoms with Crippen LogP contribution in [-0.4, -0.2) is 26.2 Å². The quantitative estimate of drug-likeness (QED) is 0.273. The normalized spacial score (nSPS) is 23.6. The average molecular weight is 413 g/mol. The van der Waals surface area contributed by atoms with E-state index in [1.165, 1.54) is 84.8 Å². The molecule has 0 amide bonds. The van der Waals surface area contributed by atoms with Crippen LogP contribution in [0.1, 0.15) is 70.6 Å². The minimum absolute atomic E-state index is 0.519. The minimum atomic E-state index is -1.83. The van der Waals surface area contributed by atoms with E-state index in [4.69, 9.17) is 9.31 Å². The third-order valence-corrected chi connectivity index (χ3v) is 5.73. The molecule has 1 saturated carbocycles. The molecule has 5 nitrogen and oxygen atoms in total. The van der Waals surface area contributed by atoms with E-state index in [1.54, 1.807) is 5.11 Å². The molecule has 0 aromatic rings. The van der Waals surface area contributed by atoms with Gasteiger partial charge in [-0.05, 0) is 0 Å². The van der Waals surface area contributed by atoms with Gasteiger partial charge in [-0.3, -0.25) is 0 Å². The van der Waals surface area contributed by atoms with Crippen molar-refractivity contribution in [3.05, 3.63) is 6.65 Å². The van der Waals surface area contributed by atoms with Gasteiger partial charge in [0.05, 0.1) is 14.2 Å². The van der Waals surface area contributed by atoms with Crippen molar-refractivity contribution in [3.63, 3.8) is 0 Å². The van der Waals surface area contributed by atoms with Gasteiger partial charge in [0, 0.05) is 4.57 Å². The number of hydrogen-bond donors (Lipinski definition) is 0. The van der Waals surface area contributed by atoms with Crippen LogP contribution in [0.15, 0.2) is 0 Å². The predicted molar refractivity (Wildman–Crippen MR) is 96.7 cm³/mol. The first-order valence-corrected chi connectivity index (χ1v) is 10.8. The Hall–Kier alpha value is 0.174. The third kappa shape index (κ3) is 11.5. The van der Waals surface area contributed by atoms with Crippen LogP contribution in [0, 0.1) is 6.65 Å². The van der Waals surface area contributed by atoms with Gasteiger partial charge in [0.15, 0.2) is 0 Å². The van der Waals surface area contributed by atoms with Crippen LogP contribution in [0.3, 0.4) is 0 Å². The van der Waals surface area contributed by atoms with E-state index in [9.17, 15) is 4.57 Å². The molecule has 0 unspecified atom stereocenters. The van der Waals surface area contributed by atoms with Gasteiger partial charge in [-0.15, -0.1) is 9.05 Å². The van der Waals surface area contributed by atoms with Crippen molar-refractivity contribution in [3.8, 4) is 0 Å². The fourth-order valence-electron chi connectivity index (χ4n) is 3.85. The first-order valence-electron chi connectivity index (χ1n) is 9.04. The summed E-state index contributed by atoms with van der Waals surface area (Å²) in [7, 11) is 0.817. The summed E-state index contributed by atoms with van der Waals surface area (Å²) in [6, 6.07) is 0. The van der Waals surface area contributed by atoms with Gasteiger partial charge >= 0.3 is 102 Å². The molecule has 0 aromatic heterocycles. The van der Waals surface area contributed by atoms with Crippen LogP contribution in [0.25, 0.3) is 0 Å². The molecule has 2 bridgehead atoms. The molecule has 2 heterocycles. The molecule has 8 heteroatoms. The maximum absolute atomic E-state index is 9.88. The third-order valence-electron chi connectivity index (χ3n) is 4.98. The van der Waals surface area contributed by atoms with Crippen LogP contribution in [-0.2, 0) is 38.5 Å². The summed E-state index contributed by atoms with van der Waals surface area (Å²) < 4.78 is 31.4. The molecule has 0 aromatic carbocycles. The average Bonchev–Trinajstić information content (AvgIpc) is 3.23. The number of fused-ring (bicyclic) bond motifs is 2. The Morgan fingerprint density at radius 2 is 1.28 bits per heavy atom. The van der Waals surface area contributed by atoms with Crippen molar-refractivity contribution < 1.29 is 38.5 Å². The van der Waals surface area contributed by atoms with E-state index >= 15 is 0 Å². The summed E-state index contributed by atoms with van der Waals surface area (Å²) in [5.41, 5.74) is 0. The molecule has 1 aliphatic carbocycles. The number of hydrogen-bond acceptors (Lipinski definition) is 4. The zero-order chi connectivity index (χ0) is 18.9. The van der Waals surface area contributed by atoms with E-state index in [0.717, 1.165) is 11.6 Å². The molecule has 0 atom stereocenters. The predicted octanol–water partition coefficient (Wildman–Crippen LogP) is 5.26. The summed E-state index contributed by atoms with van der Waals surface area (Å²) in [4.78, 5) is 0. The number of rotatable bonds is 4. The van der Waals surface area contributed by atoms with Gasteiger partial charge < -0.3 is 0 Å². The summed E-state index contributed by atoms with van der Waals surface area (Å²) in [5, 5.41) is 1.64. The van der Waals surface area contributed by atoms with E-state index < -0.39 is 8.25 Å². The Bertz CT molecular complexity index is 344. The summed E-state index contributed by atoms with van der Waals surface area (Å²) in [6.07, 6.45) is 15.9. The monoisotopic (exact) mass is 413 g/mol. The molecule has 3 rings (SSSR count). The molecular weight excluding hydrogens is 382 g/mol. The van der Waals surface area contributed by atoms with Crippen molar-refractivity contribution in [2.24, 2.45) is 0 Å². The van der Waals surface area contributed by atoms with E-state index in [1.807, 2.05) is 0 Å². The van der Waals surface area contributed by atoms with Crippen molar-refractivity contribution in [1.82, 2.24) is 0 Å². The molecule has 3 fully saturated rings. The van der Waals surface area contributed by atoms with Gasteiger partial charge in [0.1, 0.15) is 0 Å². The molecule has 143 valence electrons. The molecule has 0 spiro atoms. The van der Waals surface area contributed by atoms with Crippen LogP contribution in [0.5, 0.6) is 0 Å². The summed E-state index contributed by atoms with van der Waals surface area (Å²) in [6.45, 7) is 5.02. The molecule has 0 N–H and O–H groups in total. The Labute approximate surface area is 162 Å². The molecule has 25 heavy (non-hydrogen) atoms. The van der Waals surface area contributed by atoms with Gasteiger partial charge in [0.2, 0.25) is 0 Å². The van der Waals surface area contributed by atoms with Gasteiger partial charge in [0.25, 0.3) is 0 Å². The summed E-state index contributed by atoms with van der Waals surface area (Å²) in [5.74, 6) is 1.69. The SMILES string of the molecule is C1CCCC1.CO[P+](=O)OC.[C-]#[O+].[Fe+]=[CH]OB1C2CCCC1CCC2. The molecule has 2 aliphatic heterocycles. The second kappa shape index (κ2) is 17.6. The van der Waals surface area contributed by atoms with Gasteiger partial charge in [-0.25, -0.2) is 0 Å². The van der Waals surface area contributed by atoms with Crippen molar-refractivity contribution >= 4 is 20.3 Å². The van der Waals surface area contributed by atoms with Gasteiger partial charge in [-0.1, -0.05) is 32.1 Å². The van der Waals surface area contributed by atoms with E-state index in [0.29, 0.717) is 6.92 Å². The fourth-order valence-corrected chi connectivity index (χ4v) is 4.17. The van der Waals surface area contributed by atoms with Crippen LogP contribution < -0.4 is 0 Å². The van der Waals surface area contributed by atoms with Gasteiger partial charge in [-0.2, -0.15) is 0 Å². The fraction of sp³-hybridized carbons (Fsp3) is 0.882.